The first-order valence-corrected chi connectivity index (χ1v) is 8.09. The summed E-state index contributed by atoms with van der Waals surface area (Å²) in [5, 5.41) is 2.67. The van der Waals surface area contributed by atoms with Gasteiger partial charge in [-0.25, -0.2) is 9.59 Å². The second-order valence-electron chi connectivity index (χ2n) is 5.60. The molecule has 0 bridgehead atoms. The molecule has 0 aliphatic carbocycles. The Hall–Kier alpha value is -2.24. The molecule has 1 fully saturated rings. The number of piperidine rings is 1. The van der Waals surface area contributed by atoms with Crippen LogP contribution in [0.4, 0.5) is 9.59 Å². The lowest BCUT2D eigenvalue weighted by atomic mass is 10.0. The van der Waals surface area contributed by atoms with Crippen LogP contribution in [0.3, 0.4) is 0 Å². The van der Waals surface area contributed by atoms with Crippen LogP contribution in [-0.2, 0) is 11.3 Å². The standard InChI is InChI=1S/C17H25N3O3/c1-3-20(16(21)18-2)15-9-11-19(12-10-15)17(22)23-13-14-7-5-4-6-8-14/h4-8,15H,3,9-13H2,1-2H3,(H,18,21). The van der Waals surface area contributed by atoms with E-state index in [0.29, 0.717) is 26.2 Å². The Morgan fingerprint density at radius 3 is 2.48 bits per heavy atom. The molecule has 1 heterocycles. The maximum Gasteiger partial charge on any atom is 0.410 e. The molecule has 6 nitrogen and oxygen atoms in total. The Bertz CT molecular complexity index is 513. The predicted molar refractivity (Wildman–Crippen MR) is 88.1 cm³/mol. The molecule has 126 valence electrons. The van der Waals surface area contributed by atoms with Crippen molar-refractivity contribution in [1.29, 1.82) is 0 Å². The van der Waals surface area contributed by atoms with E-state index in [9.17, 15) is 9.59 Å². The van der Waals surface area contributed by atoms with E-state index < -0.39 is 0 Å². The summed E-state index contributed by atoms with van der Waals surface area (Å²) in [5.41, 5.74) is 0.979. The van der Waals surface area contributed by atoms with Crippen molar-refractivity contribution in [3.05, 3.63) is 35.9 Å². The average molecular weight is 319 g/mol. The van der Waals surface area contributed by atoms with Crippen LogP contribution in [0.5, 0.6) is 0 Å². The van der Waals surface area contributed by atoms with Crippen molar-refractivity contribution in [3.63, 3.8) is 0 Å². The van der Waals surface area contributed by atoms with Crippen LogP contribution in [0.2, 0.25) is 0 Å². The van der Waals surface area contributed by atoms with E-state index in [4.69, 9.17) is 4.74 Å². The maximum atomic E-state index is 12.1. The van der Waals surface area contributed by atoms with E-state index >= 15 is 0 Å². The Balaban J connectivity index is 1.79. The highest BCUT2D eigenvalue weighted by Gasteiger charge is 2.28. The lowest BCUT2D eigenvalue weighted by Crippen LogP contribution is -2.51. The fourth-order valence-corrected chi connectivity index (χ4v) is 2.88. The van der Waals surface area contributed by atoms with Gasteiger partial charge in [-0.2, -0.15) is 0 Å². The Morgan fingerprint density at radius 1 is 1.26 bits per heavy atom. The van der Waals surface area contributed by atoms with Crippen molar-refractivity contribution in [3.8, 4) is 0 Å². The van der Waals surface area contributed by atoms with Gasteiger partial charge < -0.3 is 19.9 Å². The van der Waals surface area contributed by atoms with E-state index in [1.807, 2.05) is 42.2 Å². The van der Waals surface area contributed by atoms with Crippen molar-refractivity contribution < 1.29 is 14.3 Å². The zero-order chi connectivity index (χ0) is 16.7. The fourth-order valence-electron chi connectivity index (χ4n) is 2.88. The van der Waals surface area contributed by atoms with Crippen LogP contribution in [0.1, 0.15) is 25.3 Å². The van der Waals surface area contributed by atoms with Gasteiger partial charge in [0.05, 0.1) is 0 Å². The van der Waals surface area contributed by atoms with E-state index in [2.05, 4.69) is 5.32 Å². The summed E-state index contributed by atoms with van der Waals surface area (Å²) in [5.74, 6) is 0. The van der Waals surface area contributed by atoms with Crippen LogP contribution in [0, 0.1) is 0 Å². The van der Waals surface area contributed by atoms with Gasteiger partial charge >= 0.3 is 12.1 Å². The fraction of sp³-hybridized carbons (Fsp3) is 0.529. The molecule has 0 aromatic heterocycles. The minimum atomic E-state index is -0.282. The van der Waals surface area contributed by atoms with Crippen LogP contribution in [0.25, 0.3) is 0 Å². The van der Waals surface area contributed by atoms with Gasteiger partial charge in [-0.1, -0.05) is 30.3 Å². The average Bonchev–Trinajstić information content (AvgIpc) is 2.61. The first-order chi connectivity index (χ1) is 11.2. The van der Waals surface area contributed by atoms with Crippen molar-refractivity contribution in [2.45, 2.75) is 32.4 Å². The van der Waals surface area contributed by atoms with Gasteiger partial charge in [0.25, 0.3) is 0 Å². The highest BCUT2D eigenvalue weighted by Crippen LogP contribution is 2.17. The number of rotatable bonds is 4. The maximum absolute atomic E-state index is 12.1. The lowest BCUT2D eigenvalue weighted by Gasteiger charge is -2.37. The molecule has 0 unspecified atom stereocenters. The molecular weight excluding hydrogens is 294 g/mol. The van der Waals surface area contributed by atoms with E-state index in [-0.39, 0.29) is 18.2 Å². The predicted octanol–water partition coefficient (Wildman–Crippen LogP) is 2.45. The Morgan fingerprint density at radius 2 is 1.91 bits per heavy atom. The van der Waals surface area contributed by atoms with Gasteiger partial charge in [0.15, 0.2) is 0 Å². The number of benzene rings is 1. The summed E-state index contributed by atoms with van der Waals surface area (Å²) < 4.78 is 5.35. The minimum absolute atomic E-state index is 0.0578. The first-order valence-electron chi connectivity index (χ1n) is 8.09. The van der Waals surface area contributed by atoms with Crippen molar-refractivity contribution in [2.75, 3.05) is 26.7 Å². The highest BCUT2D eigenvalue weighted by molar-refractivity contribution is 5.74. The third kappa shape index (κ3) is 4.61. The number of likely N-dealkylation sites (tertiary alicyclic amines) is 1. The second-order valence-corrected chi connectivity index (χ2v) is 5.60. The number of urea groups is 1. The third-order valence-corrected chi connectivity index (χ3v) is 4.18. The molecule has 3 amide bonds. The summed E-state index contributed by atoms with van der Waals surface area (Å²) in [7, 11) is 1.64. The molecule has 0 radical (unpaired) electrons. The molecular formula is C17H25N3O3. The number of carbonyl (C=O) groups excluding carboxylic acids is 2. The summed E-state index contributed by atoms with van der Waals surface area (Å²) in [6, 6.07) is 9.77. The molecule has 1 aliphatic heterocycles. The van der Waals surface area contributed by atoms with Crippen LogP contribution < -0.4 is 5.32 Å². The molecule has 2 rings (SSSR count). The van der Waals surface area contributed by atoms with Gasteiger partial charge in [0, 0.05) is 32.7 Å². The molecule has 1 saturated heterocycles. The van der Waals surface area contributed by atoms with Gasteiger partial charge in [-0.3, -0.25) is 0 Å². The Kier molecular flexibility index (Phi) is 6.26. The van der Waals surface area contributed by atoms with Gasteiger partial charge in [-0.05, 0) is 25.3 Å². The number of amides is 3. The number of carbonyl (C=O) groups is 2. The van der Waals surface area contributed by atoms with Gasteiger partial charge in [-0.15, -0.1) is 0 Å². The van der Waals surface area contributed by atoms with E-state index in [1.54, 1.807) is 11.9 Å². The summed E-state index contributed by atoms with van der Waals surface area (Å²) in [4.78, 5) is 27.5. The molecule has 23 heavy (non-hydrogen) atoms. The molecule has 0 saturated carbocycles. The van der Waals surface area contributed by atoms with Gasteiger partial charge in [0.2, 0.25) is 0 Å². The molecule has 1 aliphatic rings. The quantitative estimate of drug-likeness (QED) is 0.927. The number of nitrogens with zero attached hydrogens (tertiary/aromatic N) is 2. The van der Waals surface area contributed by atoms with Crippen LogP contribution in [0.15, 0.2) is 30.3 Å². The monoisotopic (exact) mass is 319 g/mol. The molecule has 0 atom stereocenters. The lowest BCUT2D eigenvalue weighted by molar-refractivity contribution is 0.0747. The summed E-state index contributed by atoms with van der Waals surface area (Å²) in [6.45, 7) is 4.16. The largest absolute Gasteiger partial charge is 0.445 e. The van der Waals surface area contributed by atoms with Crippen molar-refractivity contribution >= 4 is 12.1 Å². The zero-order valence-corrected chi connectivity index (χ0v) is 13.8. The van der Waals surface area contributed by atoms with E-state index in [0.717, 1.165) is 18.4 Å². The van der Waals surface area contributed by atoms with Crippen molar-refractivity contribution in [2.24, 2.45) is 0 Å². The van der Waals surface area contributed by atoms with E-state index in [1.165, 1.54) is 0 Å². The Labute approximate surface area is 137 Å². The normalized spacial score (nSPS) is 15.1. The second kappa shape index (κ2) is 8.41. The SMILES string of the molecule is CCN(C(=O)NC)C1CCN(C(=O)OCc2ccccc2)CC1. The smallest absolute Gasteiger partial charge is 0.410 e. The molecule has 0 spiro atoms. The zero-order valence-electron chi connectivity index (χ0n) is 13.8. The van der Waals surface area contributed by atoms with Gasteiger partial charge in [0.1, 0.15) is 6.61 Å². The number of hydrogen-bond acceptors (Lipinski definition) is 3. The third-order valence-electron chi connectivity index (χ3n) is 4.18. The van der Waals surface area contributed by atoms with Crippen molar-refractivity contribution in [1.82, 2.24) is 15.1 Å². The topological polar surface area (TPSA) is 61.9 Å². The molecule has 6 heteroatoms. The molecule has 1 aromatic carbocycles. The molecule has 1 aromatic rings. The van der Waals surface area contributed by atoms with Crippen LogP contribution >= 0.6 is 0 Å². The highest BCUT2D eigenvalue weighted by atomic mass is 16.6. The number of ether oxygens (including phenoxy) is 1. The first kappa shape index (κ1) is 17.1. The minimum Gasteiger partial charge on any atom is -0.445 e. The summed E-state index contributed by atoms with van der Waals surface area (Å²) in [6.07, 6.45) is 1.28. The number of hydrogen-bond donors (Lipinski definition) is 1. The molecule has 1 N–H and O–H groups in total. The number of nitrogens with one attached hydrogen (secondary N) is 1. The summed E-state index contributed by atoms with van der Waals surface area (Å²) >= 11 is 0. The van der Waals surface area contributed by atoms with Crippen LogP contribution in [-0.4, -0.2) is 54.6 Å².